The summed E-state index contributed by atoms with van der Waals surface area (Å²) >= 11 is 0. The number of fused-ring (bicyclic) bond motifs is 5. The molecule has 2 fully saturated rings. The van der Waals surface area contributed by atoms with E-state index in [0.717, 1.165) is 48.8 Å². The Morgan fingerprint density at radius 3 is 2.96 bits per heavy atom. The molecule has 1 aromatic heterocycles. The molecular formula is C18H18FN3O. The lowest BCUT2D eigenvalue weighted by atomic mass is 10.1. The summed E-state index contributed by atoms with van der Waals surface area (Å²) in [6.07, 6.45) is 7.33. The zero-order valence-corrected chi connectivity index (χ0v) is 12.8. The minimum Gasteiger partial charge on any atom is -0.330 e. The number of benzene rings is 1. The summed E-state index contributed by atoms with van der Waals surface area (Å²) in [4.78, 5) is 19.5. The molecule has 0 radical (unpaired) electrons. The number of aromatic nitrogens is 2. The Balaban J connectivity index is 1.74. The molecule has 4 nitrogen and oxygen atoms in total. The third-order valence-corrected chi connectivity index (χ3v) is 5.34. The quantitative estimate of drug-likeness (QED) is 0.854. The van der Waals surface area contributed by atoms with Crippen LogP contribution in [-0.4, -0.2) is 26.9 Å². The fraction of sp³-hybridized carbons (Fsp3) is 0.444. The van der Waals surface area contributed by atoms with Crippen molar-refractivity contribution in [2.75, 3.05) is 6.54 Å². The van der Waals surface area contributed by atoms with Gasteiger partial charge < -0.3 is 9.47 Å². The van der Waals surface area contributed by atoms with Crippen molar-refractivity contribution in [2.24, 2.45) is 5.92 Å². The predicted octanol–water partition coefficient (Wildman–Crippen LogP) is 3.25. The monoisotopic (exact) mass is 311 g/mol. The predicted molar refractivity (Wildman–Crippen MR) is 83.0 cm³/mol. The molecule has 5 heteroatoms. The Hall–Kier alpha value is -2.17. The summed E-state index contributed by atoms with van der Waals surface area (Å²) in [6, 6.07) is 4.57. The second-order valence-electron chi connectivity index (χ2n) is 6.91. The molecule has 23 heavy (non-hydrogen) atoms. The van der Waals surface area contributed by atoms with Crippen molar-refractivity contribution >= 4 is 5.91 Å². The number of carbonyl (C=O) groups is 1. The summed E-state index contributed by atoms with van der Waals surface area (Å²) < 4.78 is 15.7. The van der Waals surface area contributed by atoms with Gasteiger partial charge in [-0.3, -0.25) is 4.79 Å². The van der Waals surface area contributed by atoms with Crippen LogP contribution in [0.25, 0.3) is 5.69 Å². The van der Waals surface area contributed by atoms with Gasteiger partial charge in [0.15, 0.2) is 0 Å². The summed E-state index contributed by atoms with van der Waals surface area (Å²) in [7, 11) is 0. The Bertz CT molecular complexity index is 809. The Morgan fingerprint density at radius 1 is 1.26 bits per heavy atom. The van der Waals surface area contributed by atoms with Crippen molar-refractivity contribution in [3.05, 3.63) is 47.3 Å². The minimum absolute atomic E-state index is 0.0527. The molecule has 2 aliphatic heterocycles. The number of nitrogens with zero attached hydrogens (tertiary/aromatic N) is 3. The first-order chi connectivity index (χ1) is 11.2. The van der Waals surface area contributed by atoms with Gasteiger partial charge in [-0.15, -0.1) is 0 Å². The molecular weight excluding hydrogens is 293 g/mol. The van der Waals surface area contributed by atoms with Crippen molar-refractivity contribution in [1.29, 1.82) is 0 Å². The van der Waals surface area contributed by atoms with Gasteiger partial charge in [0.05, 0.1) is 35.0 Å². The first-order valence-electron chi connectivity index (χ1n) is 8.39. The SMILES string of the molecule is O=C1c2cc(F)ccc2-n2cnc(CC3CC3)c2[C@@H]2CCCN12. The van der Waals surface area contributed by atoms with Crippen LogP contribution >= 0.6 is 0 Å². The fourth-order valence-electron chi connectivity index (χ4n) is 4.03. The molecule has 3 aliphatic rings. The van der Waals surface area contributed by atoms with E-state index in [9.17, 15) is 9.18 Å². The Kier molecular flexibility index (Phi) is 2.69. The third-order valence-electron chi connectivity index (χ3n) is 5.34. The van der Waals surface area contributed by atoms with E-state index in [4.69, 9.17) is 0 Å². The lowest BCUT2D eigenvalue weighted by molar-refractivity contribution is 0.0737. The first-order valence-corrected chi connectivity index (χ1v) is 8.39. The lowest BCUT2D eigenvalue weighted by Crippen LogP contribution is -2.30. The smallest absolute Gasteiger partial charge is 0.256 e. The number of rotatable bonds is 2. The summed E-state index contributed by atoms with van der Waals surface area (Å²) in [6.45, 7) is 0.744. The molecule has 1 saturated heterocycles. The van der Waals surface area contributed by atoms with Gasteiger partial charge in [-0.25, -0.2) is 9.37 Å². The van der Waals surface area contributed by atoms with E-state index in [1.54, 1.807) is 6.07 Å². The standard InChI is InChI=1S/C18H18FN3O/c19-12-5-6-15-13(9-12)18(23)21-7-1-2-16(21)17-14(8-11-3-4-11)20-10-22(15)17/h5-6,9-11,16H,1-4,7-8H2/t16-/m0/s1. The highest BCUT2D eigenvalue weighted by molar-refractivity contribution is 5.99. The topological polar surface area (TPSA) is 38.1 Å². The van der Waals surface area contributed by atoms with E-state index in [2.05, 4.69) is 4.98 Å². The van der Waals surface area contributed by atoms with Crippen LogP contribution in [0, 0.1) is 11.7 Å². The zero-order chi connectivity index (χ0) is 15.6. The third kappa shape index (κ3) is 1.95. The van der Waals surface area contributed by atoms with Gasteiger partial charge in [0.1, 0.15) is 5.82 Å². The molecule has 0 spiro atoms. The van der Waals surface area contributed by atoms with Crippen LogP contribution in [0.5, 0.6) is 0 Å². The van der Waals surface area contributed by atoms with Crippen LogP contribution in [0.4, 0.5) is 4.39 Å². The minimum atomic E-state index is -0.366. The fourth-order valence-corrected chi connectivity index (χ4v) is 4.03. The molecule has 118 valence electrons. The highest BCUT2D eigenvalue weighted by Gasteiger charge is 2.39. The summed E-state index contributed by atoms with van der Waals surface area (Å²) in [5.74, 6) is 0.328. The maximum Gasteiger partial charge on any atom is 0.256 e. The molecule has 3 heterocycles. The Labute approximate surface area is 133 Å². The van der Waals surface area contributed by atoms with Crippen molar-refractivity contribution in [2.45, 2.75) is 38.1 Å². The normalized spacial score (nSPS) is 22.6. The number of amides is 1. The molecule has 0 N–H and O–H groups in total. The van der Waals surface area contributed by atoms with E-state index >= 15 is 0 Å². The molecule has 1 atom stereocenters. The van der Waals surface area contributed by atoms with Gasteiger partial charge in [0.2, 0.25) is 0 Å². The Morgan fingerprint density at radius 2 is 2.13 bits per heavy atom. The molecule has 5 rings (SSSR count). The van der Waals surface area contributed by atoms with Crippen LogP contribution in [-0.2, 0) is 6.42 Å². The molecule has 1 amide bonds. The molecule has 0 bridgehead atoms. The number of imidazole rings is 1. The average molecular weight is 311 g/mol. The van der Waals surface area contributed by atoms with Gasteiger partial charge in [-0.1, -0.05) is 0 Å². The lowest BCUT2D eigenvalue weighted by Gasteiger charge is -2.23. The van der Waals surface area contributed by atoms with Crippen LogP contribution in [0.15, 0.2) is 24.5 Å². The van der Waals surface area contributed by atoms with Crippen LogP contribution < -0.4 is 0 Å². The van der Waals surface area contributed by atoms with Crippen molar-refractivity contribution in [3.8, 4) is 5.69 Å². The van der Waals surface area contributed by atoms with Crippen LogP contribution in [0.1, 0.15) is 53.5 Å². The van der Waals surface area contributed by atoms with E-state index in [-0.39, 0.29) is 17.8 Å². The molecule has 0 unspecified atom stereocenters. The largest absolute Gasteiger partial charge is 0.330 e. The second-order valence-corrected chi connectivity index (χ2v) is 6.91. The zero-order valence-electron chi connectivity index (χ0n) is 12.8. The number of hydrogen-bond acceptors (Lipinski definition) is 2. The van der Waals surface area contributed by atoms with E-state index in [1.807, 2.05) is 15.8 Å². The summed E-state index contributed by atoms with van der Waals surface area (Å²) in [5, 5.41) is 0. The summed E-state index contributed by atoms with van der Waals surface area (Å²) in [5.41, 5.74) is 3.48. The van der Waals surface area contributed by atoms with Gasteiger partial charge in [-0.05, 0) is 56.2 Å². The van der Waals surface area contributed by atoms with Crippen molar-refractivity contribution in [3.63, 3.8) is 0 Å². The molecule has 1 saturated carbocycles. The maximum atomic E-state index is 13.7. The van der Waals surface area contributed by atoms with Crippen molar-refractivity contribution in [1.82, 2.24) is 14.5 Å². The van der Waals surface area contributed by atoms with Gasteiger partial charge >= 0.3 is 0 Å². The maximum absolute atomic E-state index is 13.7. The highest BCUT2D eigenvalue weighted by Crippen LogP contribution is 2.42. The highest BCUT2D eigenvalue weighted by atomic mass is 19.1. The number of hydrogen-bond donors (Lipinski definition) is 0. The van der Waals surface area contributed by atoms with Gasteiger partial charge in [-0.2, -0.15) is 0 Å². The van der Waals surface area contributed by atoms with Gasteiger partial charge in [0.25, 0.3) is 5.91 Å². The second kappa shape index (κ2) is 4.66. The van der Waals surface area contributed by atoms with Crippen LogP contribution in [0.3, 0.4) is 0 Å². The van der Waals surface area contributed by atoms with E-state index < -0.39 is 0 Å². The molecule has 1 aromatic carbocycles. The first kappa shape index (κ1) is 13.3. The van der Waals surface area contributed by atoms with E-state index in [0.29, 0.717) is 5.56 Å². The number of carbonyl (C=O) groups excluding carboxylic acids is 1. The van der Waals surface area contributed by atoms with E-state index in [1.165, 1.54) is 25.0 Å². The molecule has 1 aliphatic carbocycles. The van der Waals surface area contributed by atoms with Crippen molar-refractivity contribution < 1.29 is 9.18 Å². The number of halogens is 1. The van der Waals surface area contributed by atoms with Gasteiger partial charge in [0, 0.05) is 6.54 Å². The van der Waals surface area contributed by atoms with Crippen LogP contribution in [0.2, 0.25) is 0 Å². The average Bonchev–Trinajstić information content (AvgIpc) is 3.08. The molecule has 2 aromatic rings.